The van der Waals surface area contributed by atoms with E-state index < -0.39 is 0 Å². The van der Waals surface area contributed by atoms with E-state index in [-0.39, 0.29) is 0 Å². The van der Waals surface area contributed by atoms with Crippen molar-refractivity contribution in [2.45, 2.75) is 18.9 Å². The lowest BCUT2D eigenvalue weighted by atomic mass is 10.1. The lowest BCUT2D eigenvalue weighted by Crippen LogP contribution is -2.25. The molecule has 0 saturated carbocycles. The van der Waals surface area contributed by atoms with Crippen molar-refractivity contribution in [3.63, 3.8) is 0 Å². The molecule has 0 spiro atoms. The minimum absolute atomic E-state index is 0.491. The number of aromatic nitrogens is 2. The first-order valence-corrected chi connectivity index (χ1v) is 6.91. The van der Waals surface area contributed by atoms with Gasteiger partial charge in [0.2, 0.25) is 5.75 Å². The third kappa shape index (κ3) is 2.94. The number of thioether (sulfide) groups is 1. The van der Waals surface area contributed by atoms with Crippen molar-refractivity contribution in [2.24, 2.45) is 0 Å². The van der Waals surface area contributed by atoms with E-state index in [1.54, 1.807) is 13.4 Å². The average molecular weight is 254 g/mol. The van der Waals surface area contributed by atoms with Crippen LogP contribution in [-0.2, 0) is 0 Å². The molecule has 1 aliphatic heterocycles. The summed E-state index contributed by atoms with van der Waals surface area (Å²) in [5, 5.41) is 6.45. The number of methoxy groups -OCH3 is 1. The summed E-state index contributed by atoms with van der Waals surface area (Å²) in [4.78, 5) is 8.39. The topological polar surface area (TPSA) is 59.1 Å². The molecule has 2 heterocycles. The normalized spacial score (nSPS) is 16.6. The molecule has 94 valence electrons. The van der Waals surface area contributed by atoms with Crippen LogP contribution in [-0.4, -0.2) is 41.7 Å². The third-order valence-electron chi connectivity index (χ3n) is 2.81. The van der Waals surface area contributed by atoms with Gasteiger partial charge in [0.25, 0.3) is 0 Å². The summed E-state index contributed by atoms with van der Waals surface area (Å²) in [6.45, 7) is 0. The summed E-state index contributed by atoms with van der Waals surface area (Å²) in [6, 6.07) is 0.491. The van der Waals surface area contributed by atoms with Crippen molar-refractivity contribution in [2.75, 3.05) is 36.3 Å². The zero-order chi connectivity index (χ0) is 12.1. The zero-order valence-corrected chi connectivity index (χ0v) is 11.0. The van der Waals surface area contributed by atoms with E-state index in [2.05, 4.69) is 20.6 Å². The Morgan fingerprint density at radius 2 is 2.00 bits per heavy atom. The molecule has 1 aliphatic rings. The molecule has 0 amide bonds. The number of hydrogen-bond acceptors (Lipinski definition) is 6. The van der Waals surface area contributed by atoms with Crippen LogP contribution in [0.25, 0.3) is 0 Å². The Hall–Kier alpha value is -1.17. The van der Waals surface area contributed by atoms with Crippen molar-refractivity contribution < 1.29 is 4.74 Å². The first kappa shape index (κ1) is 12.3. The number of ether oxygens (including phenoxy) is 1. The predicted octanol–water partition coefficient (Wildman–Crippen LogP) is 1.83. The maximum Gasteiger partial charge on any atom is 0.204 e. The quantitative estimate of drug-likeness (QED) is 0.855. The van der Waals surface area contributed by atoms with Gasteiger partial charge < -0.3 is 15.4 Å². The number of hydrogen-bond donors (Lipinski definition) is 2. The molecule has 0 radical (unpaired) electrons. The molecule has 0 unspecified atom stereocenters. The van der Waals surface area contributed by atoms with Gasteiger partial charge in [-0.15, -0.1) is 0 Å². The Bertz CT molecular complexity index is 368. The van der Waals surface area contributed by atoms with Gasteiger partial charge in [-0.05, 0) is 24.3 Å². The summed E-state index contributed by atoms with van der Waals surface area (Å²) in [5.41, 5.74) is 0. The molecule has 0 atom stereocenters. The molecule has 1 aromatic rings. The van der Waals surface area contributed by atoms with E-state index in [0.29, 0.717) is 11.8 Å². The van der Waals surface area contributed by atoms with Crippen molar-refractivity contribution >= 4 is 23.4 Å². The first-order valence-electron chi connectivity index (χ1n) is 5.76. The van der Waals surface area contributed by atoms with Gasteiger partial charge in [0.1, 0.15) is 6.33 Å². The molecule has 17 heavy (non-hydrogen) atoms. The Labute approximate surface area is 106 Å². The molecule has 2 N–H and O–H groups in total. The average Bonchev–Trinajstić information content (AvgIpc) is 2.39. The molecule has 0 aromatic carbocycles. The van der Waals surface area contributed by atoms with E-state index in [1.165, 1.54) is 24.3 Å². The number of rotatable bonds is 4. The third-order valence-corrected chi connectivity index (χ3v) is 3.86. The summed E-state index contributed by atoms with van der Waals surface area (Å²) in [6.07, 6.45) is 3.90. The largest absolute Gasteiger partial charge is 0.490 e. The second-order valence-electron chi connectivity index (χ2n) is 3.89. The van der Waals surface area contributed by atoms with Crippen LogP contribution in [0.5, 0.6) is 5.75 Å². The smallest absolute Gasteiger partial charge is 0.204 e. The van der Waals surface area contributed by atoms with E-state index >= 15 is 0 Å². The minimum atomic E-state index is 0.491. The van der Waals surface area contributed by atoms with E-state index in [9.17, 15) is 0 Å². The van der Waals surface area contributed by atoms with Gasteiger partial charge in [-0.2, -0.15) is 11.8 Å². The lowest BCUT2D eigenvalue weighted by molar-refractivity contribution is 0.414. The molecular weight excluding hydrogens is 236 g/mol. The van der Waals surface area contributed by atoms with Crippen LogP contribution in [0.1, 0.15) is 12.8 Å². The van der Waals surface area contributed by atoms with Crippen LogP contribution in [0.4, 0.5) is 11.6 Å². The van der Waals surface area contributed by atoms with Crippen molar-refractivity contribution in [3.05, 3.63) is 6.33 Å². The monoisotopic (exact) mass is 254 g/mol. The second kappa shape index (κ2) is 5.95. The first-order chi connectivity index (χ1) is 8.35. The summed E-state index contributed by atoms with van der Waals surface area (Å²) in [5.74, 6) is 4.61. The maximum absolute atomic E-state index is 5.35. The summed E-state index contributed by atoms with van der Waals surface area (Å²) in [7, 11) is 3.47. The van der Waals surface area contributed by atoms with Gasteiger partial charge in [0, 0.05) is 13.1 Å². The van der Waals surface area contributed by atoms with Gasteiger partial charge in [-0.3, -0.25) is 0 Å². The number of nitrogens with one attached hydrogen (secondary N) is 2. The highest BCUT2D eigenvalue weighted by atomic mass is 32.2. The number of nitrogens with zero attached hydrogens (tertiary/aromatic N) is 2. The molecule has 0 aliphatic carbocycles. The Morgan fingerprint density at radius 1 is 1.29 bits per heavy atom. The van der Waals surface area contributed by atoms with E-state index in [0.717, 1.165) is 11.6 Å². The fourth-order valence-electron chi connectivity index (χ4n) is 1.88. The van der Waals surface area contributed by atoms with E-state index in [1.807, 2.05) is 18.8 Å². The van der Waals surface area contributed by atoms with Gasteiger partial charge in [-0.25, -0.2) is 9.97 Å². The standard InChI is InChI=1S/C11H18N4OS/c1-12-10-9(16-2)11(14-7-13-10)15-8-3-5-17-6-4-8/h7-8H,3-6H2,1-2H3,(H2,12,13,14,15). The highest BCUT2D eigenvalue weighted by molar-refractivity contribution is 7.99. The molecule has 6 heteroatoms. The van der Waals surface area contributed by atoms with E-state index in [4.69, 9.17) is 4.74 Å². The van der Waals surface area contributed by atoms with Crippen molar-refractivity contribution in [3.8, 4) is 5.75 Å². The predicted molar refractivity (Wildman–Crippen MR) is 72.1 cm³/mol. The van der Waals surface area contributed by atoms with Crippen LogP contribution in [0.3, 0.4) is 0 Å². The van der Waals surface area contributed by atoms with Gasteiger partial charge in [0.05, 0.1) is 7.11 Å². The maximum atomic E-state index is 5.35. The van der Waals surface area contributed by atoms with Crippen molar-refractivity contribution in [1.29, 1.82) is 0 Å². The fraction of sp³-hybridized carbons (Fsp3) is 0.636. The van der Waals surface area contributed by atoms with Gasteiger partial charge in [0.15, 0.2) is 11.6 Å². The Kier molecular flexibility index (Phi) is 4.30. The van der Waals surface area contributed by atoms with Gasteiger partial charge >= 0.3 is 0 Å². The van der Waals surface area contributed by atoms with Crippen LogP contribution >= 0.6 is 11.8 Å². The second-order valence-corrected chi connectivity index (χ2v) is 5.11. The summed E-state index contributed by atoms with van der Waals surface area (Å²) < 4.78 is 5.35. The highest BCUT2D eigenvalue weighted by Crippen LogP contribution is 2.30. The van der Waals surface area contributed by atoms with Gasteiger partial charge in [-0.1, -0.05) is 0 Å². The molecule has 1 saturated heterocycles. The molecule has 5 nitrogen and oxygen atoms in total. The minimum Gasteiger partial charge on any atom is -0.490 e. The Balaban J connectivity index is 2.13. The SMILES string of the molecule is CNc1ncnc(NC2CCSCC2)c1OC. The molecule has 0 bridgehead atoms. The van der Waals surface area contributed by atoms with Crippen LogP contribution < -0.4 is 15.4 Å². The Morgan fingerprint density at radius 3 is 2.65 bits per heavy atom. The lowest BCUT2D eigenvalue weighted by Gasteiger charge is -2.24. The van der Waals surface area contributed by atoms with Crippen LogP contribution in [0.15, 0.2) is 6.33 Å². The number of anilines is 2. The zero-order valence-electron chi connectivity index (χ0n) is 10.2. The van der Waals surface area contributed by atoms with Crippen molar-refractivity contribution in [1.82, 2.24) is 9.97 Å². The molecule has 1 fully saturated rings. The summed E-state index contributed by atoms with van der Waals surface area (Å²) >= 11 is 2.01. The molecule has 1 aromatic heterocycles. The van der Waals surface area contributed by atoms with Crippen LogP contribution in [0.2, 0.25) is 0 Å². The fourth-order valence-corrected chi connectivity index (χ4v) is 2.99. The molecule has 2 rings (SSSR count). The molecular formula is C11H18N4OS. The highest BCUT2D eigenvalue weighted by Gasteiger charge is 2.17. The van der Waals surface area contributed by atoms with Crippen LogP contribution in [0, 0.1) is 0 Å².